The molecule has 274 valence electrons. The van der Waals surface area contributed by atoms with Gasteiger partial charge in [-0.15, -0.1) is 0 Å². The molecule has 0 atom stereocenters. The van der Waals surface area contributed by atoms with Crippen LogP contribution in [0.5, 0.6) is 5.75 Å². The minimum atomic E-state index is -1.15. The maximum absolute atomic E-state index is 14.5. The number of phenols is 1. The lowest BCUT2D eigenvalue weighted by molar-refractivity contribution is 0.392. The van der Waals surface area contributed by atoms with Crippen LogP contribution in [0.3, 0.4) is 0 Å². The first-order valence-corrected chi connectivity index (χ1v) is 17.8. The lowest BCUT2D eigenvalue weighted by atomic mass is 9.84. The van der Waals surface area contributed by atoms with Gasteiger partial charge in [0.05, 0.1) is 22.4 Å². The summed E-state index contributed by atoms with van der Waals surface area (Å²) < 4.78 is 30.9. The number of phenolic OH excluding ortho intramolecular Hbond substituents is 1. The van der Waals surface area contributed by atoms with E-state index in [9.17, 15) is 33.1 Å². The van der Waals surface area contributed by atoms with Crippen LogP contribution in [0.4, 0.5) is 8.78 Å². The van der Waals surface area contributed by atoms with Gasteiger partial charge in [0.15, 0.2) is 11.6 Å². The molecule has 6 heterocycles. The summed E-state index contributed by atoms with van der Waals surface area (Å²) in [6.45, 7) is 0. The Hall–Kier alpha value is -6.90. The molecule has 2 aliphatic carbocycles. The zero-order chi connectivity index (χ0) is 38.0. The molecule has 0 unspecified atom stereocenters. The number of rotatable bonds is 4. The van der Waals surface area contributed by atoms with Crippen LogP contribution in [0.1, 0.15) is 62.0 Å². The Balaban J connectivity index is 0.000000144. The Morgan fingerprint density at radius 1 is 0.636 bits per heavy atom. The zero-order valence-corrected chi connectivity index (χ0v) is 28.9. The highest BCUT2D eigenvalue weighted by atomic mass is 19.2. The van der Waals surface area contributed by atoms with Crippen LogP contribution in [-0.2, 0) is 0 Å². The minimum Gasteiger partial charge on any atom is -0.508 e. The smallest absolute Gasteiger partial charge is 0.271 e. The highest BCUT2D eigenvalue weighted by Crippen LogP contribution is 2.37. The number of fused-ring (bicyclic) bond motifs is 4. The van der Waals surface area contributed by atoms with Crippen molar-refractivity contribution >= 4 is 44.1 Å². The predicted octanol–water partition coefficient (Wildman–Crippen LogP) is 5.76. The number of aromatic hydroxyl groups is 1. The lowest BCUT2D eigenvalue weighted by Gasteiger charge is -2.27. The maximum Gasteiger partial charge on any atom is 0.271 e. The third-order valence-corrected chi connectivity index (χ3v) is 10.4. The first kappa shape index (κ1) is 33.9. The number of hydrogen-bond donors (Lipinski definition) is 3. The summed E-state index contributed by atoms with van der Waals surface area (Å²) in [6, 6.07) is 16.8. The van der Waals surface area contributed by atoms with Crippen LogP contribution in [0, 0.1) is 11.6 Å². The van der Waals surface area contributed by atoms with Gasteiger partial charge in [0.25, 0.3) is 11.1 Å². The molecule has 13 nitrogen and oxygen atoms in total. The van der Waals surface area contributed by atoms with Crippen molar-refractivity contribution in [3.05, 3.63) is 144 Å². The molecule has 0 spiro atoms. The molecule has 3 N–H and O–H groups in total. The van der Waals surface area contributed by atoms with Gasteiger partial charge in [-0.3, -0.25) is 38.3 Å². The van der Waals surface area contributed by atoms with Gasteiger partial charge in [-0.25, -0.2) is 18.7 Å². The van der Waals surface area contributed by atoms with E-state index in [0.717, 1.165) is 49.2 Å². The van der Waals surface area contributed by atoms with E-state index in [-0.39, 0.29) is 50.7 Å². The van der Waals surface area contributed by atoms with Crippen LogP contribution in [-0.4, -0.2) is 44.1 Å². The highest BCUT2D eigenvalue weighted by Gasteiger charge is 2.30. The van der Waals surface area contributed by atoms with Crippen LogP contribution in [0.2, 0.25) is 0 Å². The van der Waals surface area contributed by atoms with E-state index >= 15 is 0 Å². The summed E-state index contributed by atoms with van der Waals surface area (Å²) in [5, 5.41) is 9.35. The number of halogens is 2. The number of nitrogens with one attached hydrogen (secondary N) is 2. The normalized spacial score (nSPS) is 14.5. The van der Waals surface area contributed by atoms with E-state index in [1.165, 1.54) is 41.2 Å². The summed E-state index contributed by atoms with van der Waals surface area (Å²) in [7, 11) is 0. The number of pyridine rings is 4. The number of benzene rings is 2. The third-order valence-electron chi connectivity index (χ3n) is 10.4. The molecule has 0 amide bonds. The molecule has 2 fully saturated rings. The van der Waals surface area contributed by atoms with Crippen molar-refractivity contribution in [2.45, 2.75) is 50.4 Å². The topological polar surface area (TPSA) is 182 Å². The van der Waals surface area contributed by atoms with Crippen LogP contribution < -0.4 is 22.0 Å². The molecule has 0 aliphatic heterocycles. The van der Waals surface area contributed by atoms with Crippen molar-refractivity contribution in [1.29, 1.82) is 0 Å². The molecule has 0 radical (unpaired) electrons. The largest absolute Gasteiger partial charge is 0.508 e. The summed E-state index contributed by atoms with van der Waals surface area (Å²) in [6.07, 6.45) is 8.50. The SMILES string of the molecule is O=c1c2ncccc2[nH]c2nc(C3CCC3)n(-c3ccc(O)cc3)c(=O)c12.O=c1c2ncccc2[nH]c2nc(C3CCC3)n(-c3cccc(F)c3F)c(=O)c12. The van der Waals surface area contributed by atoms with Crippen LogP contribution >= 0.6 is 0 Å². The summed E-state index contributed by atoms with van der Waals surface area (Å²) in [5.74, 6) is -1.04. The Morgan fingerprint density at radius 3 is 1.65 bits per heavy atom. The number of H-pyrrole nitrogens is 2. The van der Waals surface area contributed by atoms with Gasteiger partial charge in [-0.05, 0) is 86.3 Å². The molecule has 2 aromatic carbocycles. The van der Waals surface area contributed by atoms with Crippen molar-refractivity contribution in [2.75, 3.05) is 0 Å². The number of aromatic nitrogens is 8. The molecular weight excluding hydrogens is 710 g/mol. The molecule has 6 aromatic heterocycles. The molecule has 8 aromatic rings. The third kappa shape index (κ3) is 5.57. The fraction of sp³-hybridized carbons (Fsp3) is 0.200. The number of nitrogens with zero attached hydrogens (tertiary/aromatic N) is 6. The second kappa shape index (κ2) is 13.2. The molecule has 15 heteroatoms. The van der Waals surface area contributed by atoms with Crippen LogP contribution in [0.25, 0.3) is 55.5 Å². The second-order valence-corrected chi connectivity index (χ2v) is 13.7. The second-order valence-electron chi connectivity index (χ2n) is 13.7. The van der Waals surface area contributed by atoms with Crippen LogP contribution in [0.15, 0.2) is 98.3 Å². The zero-order valence-electron chi connectivity index (χ0n) is 28.9. The summed E-state index contributed by atoms with van der Waals surface area (Å²) in [5.41, 5.74) is -0.0767. The Bertz CT molecular complexity index is 3100. The standard InChI is InChI=1S/C20H14F2N4O2.C20H16N4O3/c21-11-6-2-8-13(15(11)22)26-19(10-4-1-5-10)25-18-14(20(26)28)17(27)16-12(24-18)7-3-9-23-16;25-13-8-6-12(7-9-13)24-19(11-3-1-4-11)23-18-15(20(24)27)17(26)16-14(22-18)5-2-10-21-16/h2-3,6-10H,1,4-5H2,(H,24,27);2,5-11,25H,1,3-4H2,(H,22,26). The number of hydrogen-bond acceptors (Lipinski definition) is 9. The average molecular weight is 741 g/mol. The first-order chi connectivity index (χ1) is 26.7. The fourth-order valence-corrected chi connectivity index (χ4v) is 7.16. The molecule has 0 bridgehead atoms. The molecule has 2 saturated carbocycles. The maximum atomic E-state index is 14.5. The monoisotopic (exact) mass is 740 g/mol. The number of aromatic amines is 2. The van der Waals surface area contributed by atoms with Gasteiger partial charge >= 0.3 is 0 Å². The van der Waals surface area contributed by atoms with Crippen molar-refractivity contribution in [1.82, 2.24) is 39.0 Å². The van der Waals surface area contributed by atoms with Gasteiger partial charge in [0.2, 0.25) is 10.9 Å². The predicted molar refractivity (Wildman–Crippen MR) is 201 cm³/mol. The Morgan fingerprint density at radius 2 is 1.15 bits per heavy atom. The van der Waals surface area contributed by atoms with Gasteiger partial charge in [0, 0.05) is 24.2 Å². The quantitative estimate of drug-likeness (QED) is 0.189. The fourth-order valence-electron chi connectivity index (χ4n) is 7.16. The lowest BCUT2D eigenvalue weighted by Crippen LogP contribution is -2.31. The van der Waals surface area contributed by atoms with E-state index in [2.05, 4.69) is 29.9 Å². The molecule has 0 saturated heterocycles. The Labute approximate surface area is 307 Å². The van der Waals surface area contributed by atoms with E-state index in [1.54, 1.807) is 36.4 Å². The van der Waals surface area contributed by atoms with Crippen molar-refractivity contribution in [3.63, 3.8) is 0 Å². The Kier molecular flexibility index (Phi) is 8.13. The van der Waals surface area contributed by atoms with E-state index in [4.69, 9.17) is 0 Å². The molecular formula is C40H30F2N8O5. The van der Waals surface area contributed by atoms with E-state index in [0.29, 0.717) is 34.0 Å². The molecule has 55 heavy (non-hydrogen) atoms. The van der Waals surface area contributed by atoms with Crippen molar-refractivity contribution in [3.8, 4) is 17.1 Å². The average Bonchev–Trinajstić information content (AvgIpc) is 3.13. The summed E-state index contributed by atoms with van der Waals surface area (Å²) in [4.78, 5) is 75.9. The van der Waals surface area contributed by atoms with Gasteiger partial charge in [-0.2, -0.15) is 0 Å². The van der Waals surface area contributed by atoms with Crippen molar-refractivity contribution in [2.24, 2.45) is 0 Å². The summed E-state index contributed by atoms with van der Waals surface area (Å²) >= 11 is 0. The van der Waals surface area contributed by atoms with E-state index < -0.39 is 33.6 Å². The molecule has 2 aliphatic rings. The van der Waals surface area contributed by atoms with Gasteiger partial charge in [-0.1, -0.05) is 18.9 Å². The first-order valence-electron chi connectivity index (χ1n) is 17.8. The van der Waals surface area contributed by atoms with Gasteiger partial charge in [0.1, 0.15) is 50.5 Å². The van der Waals surface area contributed by atoms with Crippen molar-refractivity contribution < 1.29 is 13.9 Å². The highest BCUT2D eigenvalue weighted by molar-refractivity contribution is 5.89. The van der Waals surface area contributed by atoms with E-state index in [1.807, 2.05) is 0 Å². The van der Waals surface area contributed by atoms with Gasteiger partial charge < -0.3 is 15.1 Å². The molecule has 10 rings (SSSR count). The minimum absolute atomic E-state index is 0.00246.